The quantitative estimate of drug-likeness (QED) is 0.868. The standard InChI is InChI=1S/C15H14O3/c1-10(15(17)18)13-8-7-12(16)9-14(13)11-5-3-2-4-6-11/h2-10,16H,1H3,(H,17,18). The first kappa shape index (κ1) is 12.2. The zero-order chi connectivity index (χ0) is 13.1. The molecular weight excluding hydrogens is 228 g/mol. The molecule has 92 valence electrons. The molecule has 0 aliphatic heterocycles. The highest BCUT2D eigenvalue weighted by Crippen LogP contribution is 2.32. The number of benzene rings is 2. The third-order valence-electron chi connectivity index (χ3n) is 2.96. The number of aliphatic carboxylic acids is 1. The molecule has 0 aromatic heterocycles. The average Bonchev–Trinajstić information content (AvgIpc) is 2.39. The SMILES string of the molecule is CC(C(=O)O)c1ccc(O)cc1-c1ccccc1. The lowest BCUT2D eigenvalue weighted by atomic mass is 9.91. The van der Waals surface area contributed by atoms with Crippen LogP contribution in [-0.4, -0.2) is 16.2 Å². The van der Waals surface area contributed by atoms with E-state index in [4.69, 9.17) is 5.11 Å². The summed E-state index contributed by atoms with van der Waals surface area (Å²) < 4.78 is 0. The number of carbonyl (C=O) groups is 1. The van der Waals surface area contributed by atoms with Crippen LogP contribution in [-0.2, 0) is 4.79 Å². The van der Waals surface area contributed by atoms with E-state index in [0.29, 0.717) is 5.56 Å². The van der Waals surface area contributed by atoms with E-state index in [0.717, 1.165) is 11.1 Å². The van der Waals surface area contributed by atoms with Gasteiger partial charge in [-0.05, 0) is 35.7 Å². The van der Waals surface area contributed by atoms with Crippen LogP contribution in [0, 0.1) is 0 Å². The minimum atomic E-state index is -0.877. The van der Waals surface area contributed by atoms with Crippen molar-refractivity contribution >= 4 is 5.97 Å². The Morgan fingerprint density at radius 3 is 2.39 bits per heavy atom. The molecule has 18 heavy (non-hydrogen) atoms. The first-order chi connectivity index (χ1) is 8.59. The fraction of sp³-hybridized carbons (Fsp3) is 0.133. The predicted molar refractivity (Wildman–Crippen MR) is 69.6 cm³/mol. The molecule has 0 saturated heterocycles. The number of hydrogen-bond acceptors (Lipinski definition) is 2. The summed E-state index contributed by atoms with van der Waals surface area (Å²) in [4.78, 5) is 11.1. The molecule has 0 radical (unpaired) electrons. The predicted octanol–water partition coefficient (Wildman–Crippen LogP) is 3.25. The molecule has 2 aromatic rings. The van der Waals surface area contributed by atoms with Crippen molar-refractivity contribution in [1.29, 1.82) is 0 Å². The molecule has 0 saturated carbocycles. The van der Waals surface area contributed by atoms with Gasteiger partial charge in [-0.15, -0.1) is 0 Å². The highest BCUT2D eigenvalue weighted by Gasteiger charge is 2.18. The summed E-state index contributed by atoms with van der Waals surface area (Å²) in [6.45, 7) is 1.64. The van der Waals surface area contributed by atoms with Crippen LogP contribution in [0.5, 0.6) is 5.75 Å². The van der Waals surface area contributed by atoms with E-state index in [1.807, 2.05) is 30.3 Å². The molecule has 0 heterocycles. The van der Waals surface area contributed by atoms with Crippen molar-refractivity contribution < 1.29 is 15.0 Å². The van der Waals surface area contributed by atoms with Crippen LogP contribution in [0.4, 0.5) is 0 Å². The molecule has 0 aliphatic carbocycles. The van der Waals surface area contributed by atoms with Crippen LogP contribution in [0.3, 0.4) is 0 Å². The van der Waals surface area contributed by atoms with Crippen molar-refractivity contribution in [2.45, 2.75) is 12.8 Å². The smallest absolute Gasteiger partial charge is 0.310 e. The summed E-state index contributed by atoms with van der Waals surface area (Å²) >= 11 is 0. The van der Waals surface area contributed by atoms with Crippen molar-refractivity contribution in [3.63, 3.8) is 0 Å². The van der Waals surface area contributed by atoms with Gasteiger partial charge in [0.15, 0.2) is 0 Å². The van der Waals surface area contributed by atoms with Crippen molar-refractivity contribution in [1.82, 2.24) is 0 Å². The number of phenols is 1. The second-order valence-electron chi connectivity index (χ2n) is 4.20. The van der Waals surface area contributed by atoms with E-state index in [1.54, 1.807) is 19.1 Å². The Kier molecular flexibility index (Phi) is 3.33. The molecule has 3 heteroatoms. The zero-order valence-electron chi connectivity index (χ0n) is 10.00. The number of carboxylic acid groups (broad SMARTS) is 1. The molecule has 0 spiro atoms. The Labute approximate surface area is 105 Å². The van der Waals surface area contributed by atoms with Crippen molar-refractivity contribution in [3.8, 4) is 16.9 Å². The van der Waals surface area contributed by atoms with E-state index in [2.05, 4.69) is 0 Å². The van der Waals surface area contributed by atoms with Gasteiger partial charge in [-0.3, -0.25) is 4.79 Å². The van der Waals surface area contributed by atoms with Crippen molar-refractivity contribution in [2.75, 3.05) is 0 Å². The minimum absolute atomic E-state index is 0.134. The number of aromatic hydroxyl groups is 1. The van der Waals surface area contributed by atoms with Gasteiger partial charge in [0.25, 0.3) is 0 Å². The molecular formula is C15H14O3. The molecule has 3 nitrogen and oxygen atoms in total. The van der Waals surface area contributed by atoms with E-state index in [9.17, 15) is 9.90 Å². The summed E-state index contributed by atoms with van der Waals surface area (Å²) in [5.41, 5.74) is 2.36. The summed E-state index contributed by atoms with van der Waals surface area (Å²) in [6, 6.07) is 14.2. The minimum Gasteiger partial charge on any atom is -0.508 e. The second-order valence-corrected chi connectivity index (χ2v) is 4.20. The largest absolute Gasteiger partial charge is 0.508 e. The average molecular weight is 242 g/mol. The molecule has 1 atom stereocenters. The van der Waals surface area contributed by atoms with Gasteiger partial charge in [0.2, 0.25) is 0 Å². The van der Waals surface area contributed by atoms with Crippen LogP contribution in [0.15, 0.2) is 48.5 Å². The maximum atomic E-state index is 11.1. The van der Waals surface area contributed by atoms with Gasteiger partial charge in [-0.25, -0.2) is 0 Å². The fourth-order valence-electron chi connectivity index (χ4n) is 1.92. The molecule has 2 aromatic carbocycles. The third kappa shape index (κ3) is 2.35. The number of hydrogen-bond donors (Lipinski definition) is 2. The molecule has 0 amide bonds. The Morgan fingerprint density at radius 1 is 1.11 bits per heavy atom. The highest BCUT2D eigenvalue weighted by atomic mass is 16.4. The van der Waals surface area contributed by atoms with Crippen molar-refractivity contribution in [3.05, 3.63) is 54.1 Å². The first-order valence-electron chi connectivity index (χ1n) is 5.70. The van der Waals surface area contributed by atoms with E-state index >= 15 is 0 Å². The van der Waals surface area contributed by atoms with Gasteiger partial charge in [0, 0.05) is 0 Å². The van der Waals surface area contributed by atoms with Crippen LogP contribution < -0.4 is 0 Å². The Morgan fingerprint density at radius 2 is 1.78 bits per heavy atom. The molecule has 0 fully saturated rings. The Hall–Kier alpha value is -2.29. The Balaban J connectivity index is 2.58. The van der Waals surface area contributed by atoms with Crippen LogP contribution in [0.2, 0.25) is 0 Å². The zero-order valence-corrected chi connectivity index (χ0v) is 10.00. The fourth-order valence-corrected chi connectivity index (χ4v) is 1.92. The van der Waals surface area contributed by atoms with Gasteiger partial charge in [0.05, 0.1) is 5.92 Å². The molecule has 0 aliphatic rings. The molecule has 1 unspecified atom stereocenters. The maximum Gasteiger partial charge on any atom is 0.310 e. The van der Waals surface area contributed by atoms with E-state index in [-0.39, 0.29) is 5.75 Å². The monoisotopic (exact) mass is 242 g/mol. The van der Waals surface area contributed by atoms with Gasteiger partial charge in [0.1, 0.15) is 5.75 Å². The first-order valence-corrected chi connectivity index (χ1v) is 5.70. The van der Waals surface area contributed by atoms with Crippen molar-refractivity contribution in [2.24, 2.45) is 0 Å². The summed E-state index contributed by atoms with van der Waals surface area (Å²) in [5.74, 6) is -1.35. The van der Waals surface area contributed by atoms with E-state index < -0.39 is 11.9 Å². The normalized spacial score (nSPS) is 12.1. The second kappa shape index (κ2) is 4.92. The lowest BCUT2D eigenvalue weighted by Crippen LogP contribution is -2.08. The summed E-state index contributed by atoms with van der Waals surface area (Å²) in [5, 5.41) is 18.7. The van der Waals surface area contributed by atoms with Gasteiger partial charge >= 0.3 is 5.97 Å². The number of carboxylic acids is 1. The molecule has 0 bridgehead atoms. The third-order valence-corrected chi connectivity index (χ3v) is 2.96. The van der Waals surface area contributed by atoms with Gasteiger partial charge < -0.3 is 10.2 Å². The van der Waals surface area contributed by atoms with E-state index in [1.165, 1.54) is 6.07 Å². The maximum absolute atomic E-state index is 11.1. The Bertz CT molecular complexity index is 561. The molecule has 2 rings (SSSR count). The van der Waals surface area contributed by atoms with Crippen LogP contribution in [0.1, 0.15) is 18.4 Å². The van der Waals surface area contributed by atoms with Gasteiger partial charge in [-0.2, -0.15) is 0 Å². The lowest BCUT2D eigenvalue weighted by Gasteiger charge is -2.13. The highest BCUT2D eigenvalue weighted by molar-refractivity contribution is 5.81. The topological polar surface area (TPSA) is 57.5 Å². The lowest BCUT2D eigenvalue weighted by molar-refractivity contribution is -0.138. The number of phenolic OH excluding ortho intramolecular Hbond substituents is 1. The van der Waals surface area contributed by atoms with Crippen LogP contribution >= 0.6 is 0 Å². The molecule has 2 N–H and O–H groups in total. The van der Waals surface area contributed by atoms with Crippen LogP contribution in [0.25, 0.3) is 11.1 Å². The number of rotatable bonds is 3. The van der Waals surface area contributed by atoms with Gasteiger partial charge in [-0.1, -0.05) is 36.4 Å². The summed E-state index contributed by atoms with van der Waals surface area (Å²) in [7, 11) is 0. The summed E-state index contributed by atoms with van der Waals surface area (Å²) in [6.07, 6.45) is 0.